The van der Waals surface area contributed by atoms with E-state index in [4.69, 9.17) is 0 Å². The highest BCUT2D eigenvalue weighted by atomic mass is 32.2. The van der Waals surface area contributed by atoms with Crippen LogP contribution in [0.4, 0.5) is 10.7 Å². The lowest BCUT2D eigenvalue weighted by Crippen LogP contribution is -2.35. The fourth-order valence-electron chi connectivity index (χ4n) is 3.68. The summed E-state index contributed by atoms with van der Waals surface area (Å²) < 4.78 is 23.3. The lowest BCUT2D eigenvalue weighted by molar-refractivity contribution is -0.383. The van der Waals surface area contributed by atoms with Crippen molar-refractivity contribution < 1.29 is 23.2 Å². The van der Waals surface area contributed by atoms with Crippen molar-refractivity contribution in [2.75, 3.05) is 24.2 Å². The molecule has 0 amide bonds. The van der Waals surface area contributed by atoms with Gasteiger partial charge in [-0.05, 0) is 18.8 Å². The zero-order chi connectivity index (χ0) is 17.0. The van der Waals surface area contributed by atoms with Gasteiger partial charge in [0.25, 0.3) is 0 Å². The molecular weight excluding hydrogens is 344 g/mol. The quantitative estimate of drug-likeness (QED) is 0.642. The Kier molecular flexibility index (Phi) is 3.64. The number of nitro groups is 1. The van der Waals surface area contributed by atoms with Crippen molar-refractivity contribution in [1.29, 1.82) is 0 Å². The fraction of sp³-hybridized carbons (Fsp3) is 0.615. The lowest BCUT2D eigenvalue weighted by atomic mass is 9.81. The number of anilines is 1. The van der Waals surface area contributed by atoms with E-state index in [0.29, 0.717) is 13.0 Å². The minimum Gasteiger partial charge on any atom is -0.481 e. The van der Waals surface area contributed by atoms with Gasteiger partial charge in [-0.25, -0.2) is 8.42 Å². The summed E-state index contributed by atoms with van der Waals surface area (Å²) in [5.74, 6) is -0.923. The number of hydrogen-bond acceptors (Lipinski definition) is 7. The van der Waals surface area contributed by atoms with Crippen molar-refractivity contribution in [1.82, 2.24) is 0 Å². The molecular formula is C13H16N2O6S2. The first-order chi connectivity index (χ1) is 10.6. The van der Waals surface area contributed by atoms with Gasteiger partial charge < -0.3 is 10.0 Å². The predicted molar refractivity (Wildman–Crippen MR) is 83.7 cm³/mol. The van der Waals surface area contributed by atoms with Gasteiger partial charge in [-0.3, -0.25) is 14.9 Å². The molecule has 1 saturated heterocycles. The molecule has 0 spiro atoms. The predicted octanol–water partition coefficient (Wildman–Crippen LogP) is 1.75. The molecule has 8 nitrogen and oxygen atoms in total. The van der Waals surface area contributed by atoms with Crippen LogP contribution in [-0.4, -0.2) is 43.8 Å². The van der Waals surface area contributed by atoms with Gasteiger partial charge >= 0.3 is 11.7 Å². The standard InChI is InChI=1S/C13H16N2O6S2/c1-23(20,21)10-5-9(15(18)19)11(22-10)14-6-8-3-2-4-13(8,7-14)12(16)17/h5,8H,2-4,6-7H2,1H3,(H,16,17)/t8-,13+/m0/s1. The van der Waals surface area contributed by atoms with Gasteiger partial charge in [-0.2, -0.15) is 0 Å². The van der Waals surface area contributed by atoms with E-state index in [1.54, 1.807) is 4.90 Å². The Morgan fingerprint density at radius 2 is 2.26 bits per heavy atom. The molecule has 2 aliphatic rings. The maximum atomic E-state index is 11.7. The Morgan fingerprint density at radius 1 is 1.57 bits per heavy atom. The van der Waals surface area contributed by atoms with E-state index in [1.807, 2.05) is 0 Å². The zero-order valence-corrected chi connectivity index (χ0v) is 14.0. The summed E-state index contributed by atoms with van der Waals surface area (Å²) in [6, 6.07) is 1.07. The second-order valence-electron chi connectivity index (χ2n) is 6.22. The maximum Gasteiger partial charge on any atom is 0.311 e. The largest absolute Gasteiger partial charge is 0.481 e. The van der Waals surface area contributed by atoms with Crippen LogP contribution >= 0.6 is 11.3 Å². The van der Waals surface area contributed by atoms with Gasteiger partial charge in [0, 0.05) is 25.4 Å². The van der Waals surface area contributed by atoms with Crippen LogP contribution in [0.5, 0.6) is 0 Å². The van der Waals surface area contributed by atoms with Crippen molar-refractivity contribution >= 4 is 37.8 Å². The average molecular weight is 360 g/mol. The first kappa shape index (κ1) is 16.2. The van der Waals surface area contributed by atoms with Crippen molar-refractivity contribution in [3.05, 3.63) is 16.2 Å². The van der Waals surface area contributed by atoms with Crippen molar-refractivity contribution in [2.45, 2.75) is 23.5 Å². The van der Waals surface area contributed by atoms with Crippen molar-refractivity contribution in [3.63, 3.8) is 0 Å². The highest BCUT2D eigenvalue weighted by Crippen LogP contribution is 2.52. The molecule has 23 heavy (non-hydrogen) atoms. The van der Waals surface area contributed by atoms with Crippen LogP contribution in [0.2, 0.25) is 0 Å². The highest BCUT2D eigenvalue weighted by Gasteiger charge is 2.55. The molecule has 1 aliphatic carbocycles. The van der Waals surface area contributed by atoms with Gasteiger partial charge in [-0.15, -0.1) is 0 Å². The first-order valence-corrected chi connectivity index (χ1v) is 9.82. The second kappa shape index (κ2) is 5.17. The van der Waals surface area contributed by atoms with Crippen LogP contribution in [0.15, 0.2) is 10.3 Å². The molecule has 0 aromatic carbocycles. The van der Waals surface area contributed by atoms with Crippen molar-refractivity contribution in [3.8, 4) is 0 Å². The number of fused-ring (bicyclic) bond motifs is 1. The molecule has 1 saturated carbocycles. The molecule has 2 heterocycles. The van der Waals surface area contributed by atoms with E-state index >= 15 is 0 Å². The maximum absolute atomic E-state index is 11.7. The summed E-state index contributed by atoms with van der Waals surface area (Å²) in [5, 5.41) is 21.1. The van der Waals surface area contributed by atoms with Crippen LogP contribution in [-0.2, 0) is 14.6 Å². The molecule has 126 valence electrons. The second-order valence-corrected chi connectivity index (χ2v) is 9.49. The summed E-state index contributed by atoms with van der Waals surface area (Å²) in [7, 11) is -3.55. The first-order valence-electron chi connectivity index (χ1n) is 7.12. The summed E-state index contributed by atoms with van der Waals surface area (Å²) in [6.45, 7) is 0.606. The molecule has 1 aliphatic heterocycles. The Labute approximate surface area is 136 Å². The molecule has 0 bridgehead atoms. The highest BCUT2D eigenvalue weighted by molar-refractivity contribution is 7.92. The van der Waals surface area contributed by atoms with Gasteiger partial charge in [0.05, 0.1) is 10.3 Å². The summed E-state index contributed by atoms with van der Waals surface area (Å²) >= 11 is 0.844. The SMILES string of the molecule is CS(=O)(=O)c1cc([N+](=O)[O-])c(N2C[C@@H]3CCC[C@@]3(C(=O)O)C2)s1. The van der Waals surface area contributed by atoms with Crippen LogP contribution in [0.1, 0.15) is 19.3 Å². The molecule has 0 unspecified atom stereocenters. The smallest absolute Gasteiger partial charge is 0.311 e. The third-order valence-electron chi connectivity index (χ3n) is 4.82. The minimum absolute atomic E-state index is 0.0524. The van der Waals surface area contributed by atoms with E-state index in [0.717, 1.165) is 36.5 Å². The van der Waals surface area contributed by atoms with E-state index < -0.39 is 26.1 Å². The molecule has 1 aromatic rings. The van der Waals surface area contributed by atoms with Gasteiger partial charge in [0.15, 0.2) is 14.8 Å². The number of carboxylic acid groups (broad SMARTS) is 1. The Balaban J connectivity index is 2.02. The molecule has 0 radical (unpaired) electrons. The number of nitrogens with zero attached hydrogens (tertiary/aromatic N) is 2. The lowest BCUT2D eigenvalue weighted by Gasteiger charge is -2.23. The Hall–Kier alpha value is -1.68. The summed E-state index contributed by atoms with van der Waals surface area (Å²) in [4.78, 5) is 24.0. The fourth-order valence-corrected chi connectivity index (χ4v) is 5.72. The third-order valence-corrected chi connectivity index (χ3v) is 7.80. The minimum atomic E-state index is -3.55. The summed E-state index contributed by atoms with van der Waals surface area (Å²) in [5.41, 5.74) is -1.14. The zero-order valence-electron chi connectivity index (χ0n) is 12.4. The van der Waals surface area contributed by atoms with Gasteiger partial charge in [0.2, 0.25) is 0 Å². The Morgan fingerprint density at radius 3 is 2.78 bits per heavy atom. The molecule has 2 fully saturated rings. The number of carbonyl (C=O) groups is 1. The number of aliphatic carboxylic acids is 1. The van der Waals surface area contributed by atoms with Crippen molar-refractivity contribution in [2.24, 2.45) is 11.3 Å². The van der Waals surface area contributed by atoms with E-state index in [1.165, 1.54) is 0 Å². The number of thiophene rings is 1. The number of carboxylic acids is 1. The normalized spacial score (nSPS) is 27.2. The summed E-state index contributed by atoms with van der Waals surface area (Å²) in [6.07, 6.45) is 3.18. The van der Waals surface area contributed by atoms with Crippen LogP contribution in [0, 0.1) is 21.4 Å². The van der Waals surface area contributed by atoms with Crippen LogP contribution in [0.25, 0.3) is 0 Å². The van der Waals surface area contributed by atoms with E-state index in [2.05, 4.69) is 0 Å². The number of sulfone groups is 1. The third kappa shape index (κ3) is 2.49. The molecule has 1 aromatic heterocycles. The Bertz CT molecular complexity index is 786. The topological polar surface area (TPSA) is 118 Å². The number of rotatable bonds is 4. The molecule has 10 heteroatoms. The van der Waals surface area contributed by atoms with Crippen LogP contribution in [0.3, 0.4) is 0 Å². The van der Waals surface area contributed by atoms with E-state index in [9.17, 15) is 28.4 Å². The average Bonchev–Trinajstić information content (AvgIpc) is 3.08. The monoisotopic (exact) mass is 360 g/mol. The number of hydrogen-bond donors (Lipinski definition) is 1. The van der Waals surface area contributed by atoms with Crippen LogP contribution < -0.4 is 4.90 Å². The molecule has 3 rings (SSSR count). The van der Waals surface area contributed by atoms with Gasteiger partial charge in [0.1, 0.15) is 4.21 Å². The van der Waals surface area contributed by atoms with Gasteiger partial charge in [-0.1, -0.05) is 17.8 Å². The van der Waals surface area contributed by atoms with E-state index in [-0.39, 0.29) is 27.4 Å². The molecule has 2 atom stereocenters. The molecule has 1 N–H and O–H groups in total.